The van der Waals surface area contributed by atoms with Crippen molar-refractivity contribution in [3.8, 4) is 11.8 Å². The molecule has 3 aromatic rings. The number of nitrogens with zero attached hydrogens (tertiary/aromatic N) is 2. The number of anilines is 4. The molecule has 148 valence electrons. The predicted molar refractivity (Wildman–Crippen MR) is 119 cm³/mol. The lowest BCUT2D eigenvalue weighted by Crippen LogP contribution is -2.04. The normalized spacial score (nSPS) is 10.4. The van der Waals surface area contributed by atoms with Crippen LogP contribution in [0.5, 0.6) is 5.75 Å². The van der Waals surface area contributed by atoms with Gasteiger partial charge in [-0.1, -0.05) is 6.92 Å². The Morgan fingerprint density at radius 2 is 2.07 bits per heavy atom. The van der Waals surface area contributed by atoms with E-state index < -0.39 is 0 Å². The molecule has 0 unspecified atom stereocenters. The smallest absolute Gasteiger partial charge is 0.144 e. The molecule has 7 nitrogen and oxygen atoms in total. The highest BCUT2D eigenvalue weighted by Crippen LogP contribution is 2.36. The van der Waals surface area contributed by atoms with E-state index in [4.69, 9.17) is 15.9 Å². The molecule has 29 heavy (non-hydrogen) atoms. The number of benzene rings is 2. The topological polar surface area (TPSA) is 120 Å². The maximum Gasteiger partial charge on any atom is 0.144 e. The van der Waals surface area contributed by atoms with E-state index in [1.54, 1.807) is 6.07 Å². The fourth-order valence-corrected chi connectivity index (χ4v) is 3.28. The molecule has 5 N–H and O–H groups in total. The molecular weight excluding hydrogens is 364 g/mol. The van der Waals surface area contributed by atoms with E-state index in [-0.39, 0.29) is 0 Å². The quantitative estimate of drug-likeness (QED) is 0.351. The fourth-order valence-electron chi connectivity index (χ4n) is 3.28. The van der Waals surface area contributed by atoms with E-state index in [0.717, 1.165) is 22.3 Å². The van der Waals surface area contributed by atoms with Gasteiger partial charge in [-0.2, -0.15) is 5.26 Å². The van der Waals surface area contributed by atoms with Crippen molar-refractivity contribution in [2.24, 2.45) is 0 Å². The zero-order valence-corrected chi connectivity index (χ0v) is 16.8. The van der Waals surface area contributed by atoms with Crippen LogP contribution in [0.3, 0.4) is 0 Å². The molecule has 3 rings (SSSR count). The first kappa shape index (κ1) is 20.0. The minimum atomic E-state index is 0.484. The maximum absolute atomic E-state index is 9.83. The molecule has 0 saturated heterocycles. The molecule has 0 spiro atoms. The van der Waals surface area contributed by atoms with Gasteiger partial charge in [0.1, 0.15) is 11.8 Å². The Bertz CT molecular complexity index is 1120. The summed E-state index contributed by atoms with van der Waals surface area (Å²) >= 11 is 0. The number of rotatable bonds is 7. The molecular formula is C22H24N6O. The van der Waals surface area contributed by atoms with Crippen LogP contribution in [0.4, 0.5) is 22.7 Å². The van der Waals surface area contributed by atoms with Crippen molar-refractivity contribution in [3.63, 3.8) is 0 Å². The number of nitrogen functional groups attached to an aromatic ring is 1. The van der Waals surface area contributed by atoms with Gasteiger partial charge in [0.05, 0.1) is 34.8 Å². The Morgan fingerprint density at radius 3 is 2.69 bits per heavy atom. The number of aromatic nitrogens is 1. The van der Waals surface area contributed by atoms with Gasteiger partial charge in [0.2, 0.25) is 0 Å². The van der Waals surface area contributed by atoms with Gasteiger partial charge in [0.15, 0.2) is 0 Å². The van der Waals surface area contributed by atoms with E-state index in [1.165, 1.54) is 6.21 Å². The van der Waals surface area contributed by atoms with Crippen molar-refractivity contribution < 1.29 is 4.74 Å². The molecule has 2 aromatic carbocycles. The number of aryl methyl sites for hydroxylation is 1. The highest BCUT2D eigenvalue weighted by atomic mass is 16.5. The van der Waals surface area contributed by atoms with Crippen molar-refractivity contribution in [2.75, 3.05) is 30.0 Å². The zero-order chi connectivity index (χ0) is 21.0. The Kier molecular flexibility index (Phi) is 5.84. The van der Waals surface area contributed by atoms with Crippen LogP contribution >= 0.6 is 0 Å². The number of hydrogen-bond donors (Lipinski definition) is 4. The fraction of sp³-hybridized carbons (Fsp3) is 0.227. The number of fused-ring (bicyclic) bond motifs is 1. The SMILES string of the molecule is CCOc1cc2nc(CC)c(C#N)c(Nc3ccc(NC)c(C=N)c3)c2cc1N. The predicted octanol–water partition coefficient (Wildman–Crippen LogP) is 4.43. The standard InChI is InChI=1S/C22H24N6O/c1-4-18-16(12-24)22(27-14-6-7-19(26-3)13(8-14)11-23)15-9-17(25)21(29-5-2)10-20(15)28-18/h6-11,23,26H,4-5,25H2,1-3H3,(H,27,28). The van der Waals surface area contributed by atoms with Crippen LogP contribution < -0.4 is 21.1 Å². The summed E-state index contributed by atoms with van der Waals surface area (Å²) in [5.74, 6) is 0.578. The molecule has 0 saturated carbocycles. The van der Waals surface area contributed by atoms with Crippen molar-refractivity contribution in [2.45, 2.75) is 20.3 Å². The van der Waals surface area contributed by atoms with Gasteiger partial charge < -0.3 is 26.5 Å². The van der Waals surface area contributed by atoms with E-state index in [1.807, 2.05) is 45.2 Å². The highest BCUT2D eigenvalue weighted by molar-refractivity contribution is 6.00. The molecule has 0 fully saturated rings. The second-order valence-corrected chi connectivity index (χ2v) is 6.44. The Labute approximate surface area is 170 Å². The van der Waals surface area contributed by atoms with Gasteiger partial charge in [-0.05, 0) is 37.6 Å². The summed E-state index contributed by atoms with van der Waals surface area (Å²) in [6, 6.07) is 11.5. The molecule has 0 aliphatic rings. The summed E-state index contributed by atoms with van der Waals surface area (Å²) < 4.78 is 5.61. The molecule has 0 atom stereocenters. The molecule has 0 aliphatic heterocycles. The Balaban J connectivity index is 2.23. The molecule has 0 radical (unpaired) electrons. The lowest BCUT2D eigenvalue weighted by Gasteiger charge is -2.17. The summed E-state index contributed by atoms with van der Waals surface area (Å²) in [6.07, 6.45) is 1.91. The van der Waals surface area contributed by atoms with Crippen molar-refractivity contribution in [1.29, 1.82) is 10.7 Å². The Hall–Kier alpha value is -3.79. The first-order valence-electron chi connectivity index (χ1n) is 9.44. The van der Waals surface area contributed by atoms with Crippen LogP contribution in [-0.4, -0.2) is 24.9 Å². The van der Waals surface area contributed by atoms with Crippen LogP contribution in [0.25, 0.3) is 10.9 Å². The number of nitrogens with two attached hydrogens (primary N) is 1. The van der Waals surface area contributed by atoms with Gasteiger partial charge in [-0.25, -0.2) is 0 Å². The van der Waals surface area contributed by atoms with Gasteiger partial charge in [-0.3, -0.25) is 4.98 Å². The average Bonchev–Trinajstić information content (AvgIpc) is 2.74. The second-order valence-electron chi connectivity index (χ2n) is 6.44. The summed E-state index contributed by atoms with van der Waals surface area (Å²) in [7, 11) is 1.81. The van der Waals surface area contributed by atoms with Gasteiger partial charge in [0.25, 0.3) is 0 Å². The second kappa shape index (κ2) is 8.48. The molecule has 0 aliphatic carbocycles. The molecule has 1 heterocycles. The highest BCUT2D eigenvalue weighted by Gasteiger charge is 2.17. The third-order valence-corrected chi connectivity index (χ3v) is 4.68. The van der Waals surface area contributed by atoms with Crippen LogP contribution in [0.1, 0.15) is 30.7 Å². The summed E-state index contributed by atoms with van der Waals surface area (Å²) in [4.78, 5) is 4.67. The largest absolute Gasteiger partial charge is 0.492 e. The zero-order valence-electron chi connectivity index (χ0n) is 16.8. The lowest BCUT2D eigenvalue weighted by molar-refractivity contribution is 0.342. The minimum absolute atomic E-state index is 0.484. The molecule has 1 aromatic heterocycles. The number of nitrogens with one attached hydrogen (secondary N) is 3. The molecule has 0 amide bonds. The number of nitriles is 1. The van der Waals surface area contributed by atoms with Crippen LogP contribution in [0, 0.1) is 16.7 Å². The summed E-state index contributed by atoms with van der Waals surface area (Å²) in [5, 5.41) is 24.6. The van der Waals surface area contributed by atoms with Crippen molar-refractivity contribution in [1.82, 2.24) is 4.98 Å². The summed E-state index contributed by atoms with van der Waals surface area (Å²) in [5.41, 5.74) is 11.6. The van der Waals surface area contributed by atoms with Crippen LogP contribution in [-0.2, 0) is 6.42 Å². The summed E-state index contributed by atoms with van der Waals surface area (Å²) in [6.45, 7) is 4.37. The first-order chi connectivity index (χ1) is 14.1. The Morgan fingerprint density at radius 1 is 1.28 bits per heavy atom. The third kappa shape index (κ3) is 3.78. The number of hydrogen-bond acceptors (Lipinski definition) is 7. The first-order valence-corrected chi connectivity index (χ1v) is 9.44. The van der Waals surface area contributed by atoms with E-state index >= 15 is 0 Å². The number of ether oxygens (including phenoxy) is 1. The van der Waals surface area contributed by atoms with Crippen LogP contribution in [0.2, 0.25) is 0 Å². The van der Waals surface area contributed by atoms with Crippen LogP contribution in [0.15, 0.2) is 30.3 Å². The van der Waals surface area contributed by atoms with Gasteiger partial charge in [0, 0.05) is 41.7 Å². The maximum atomic E-state index is 9.83. The third-order valence-electron chi connectivity index (χ3n) is 4.68. The molecule has 7 heteroatoms. The van der Waals surface area contributed by atoms with E-state index in [2.05, 4.69) is 21.7 Å². The molecule has 0 bridgehead atoms. The van der Waals surface area contributed by atoms with E-state index in [0.29, 0.717) is 46.9 Å². The van der Waals surface area contributed by atoms with Gasteiger partial charge >= 0.3 is 0 Å². The van der Waals surface area contributed by atoms with E-state index in [9.17, 15) is 5.26 Å². The minimum Gasteiger partial charge on any atom is -0.492 e. The number of pyridine rings is 1. The van der Waals surface area contributed by atoms with Gasteiger partial charge in [-0.15, -0.1) is 0 Å². The lowest BCUT2D eigenvalue weighted by atomic mass is 10.0. The van der Waals surface area contributed by atoms with Crippen molar-refractivity contribution >= 4 is 39.9 Å². The average molecular weight is 388 g/mol. The monoisotopic (exact) mass is 388 g/mol. The van der Waals surface area contributed by atoms with Crippen molar-refractivity contribution in [3.05, 3.63) is 47.2 Å².